The fourth-order valence-corrected chi connectivity index (χ4v) is 2.60. The van der Waals surface area contributed by atoms with Crippen molar-refractivity contribution in [2.24, 2.45) is 0 Å². The molecule has 3 nitrogen and oxygen atoms in total. The van der Waals surface area contributed by atoms with E-state index in [0.717, 1.165) is 29.1 Å². The number of rotatable bonds is 5. The number of H-pyrrole nitrogens is 1. The van der Waals surface area contributed by atoms with Crippen LogP contribution in [0.5, 0.6) is 5.75 Å². The number of ether oxygens (including phenoxy) is 1. The molecule has 0 saturated heterocycles. The second-order valence-corrected chi connectivity index (χ2v) is 5.73. The molecule has 3 rings (SSSR count). The van der Waals surface area contributed by atoms with Gasteiger partial charge >= 0.3 is 0 Å². The molecule has 1 heterocycles. The van der Waals surface area contributed by atoms with Crippen LogP contribution in [0.15, 0.2) is 54.9 Å². The van der Waals surface area contributed by atoms with Gasteiger partial charge in [0.2, 0.25) is 0 Å². The molecule has 5 heteroatoms. The Hall–Kier alpha value is -1.97. The smallest absolute Gasteiger partial charge is 0.120 e. The lowest BCUT2D eigenvalue weighted by molar-refractivity contribution is 0.306. The summed E-state index contributed by atoms with van der Waals surface area (Å²) in [7, 11) is 0. The summed E-state index contributed by atoms with van der Waals surface area (Å²) in [5.74, 6) is 1.73. The summed E-state index contributed by atoms with van der Waals surface area (Å²) in [6.45, 7) is 0.403. The van der Waals surface area contributed by atoms with E-state index in [2.05, 4.69) is 9.97 Å². The summed E-state index contributed by atoms with van der Waals surface area (Å²) >= 11 is 12.0. The van der Waals surface area contributed by atoms with E-state index < -0.39 is 0 Å². The lowest BCUT2D eigenvalue weighted by atomic mass is 10.1. The van der Waals surface area contributed by atoms with Crippen LogP contribution in [-0.4, -0.2) is 9.97 Å². The number of aromatic nitrogens is 2. The van der Waals surface area contributed by atoms with Crippen LogP contribution >= 0.6 is 23.2 Å². The SMILES string of the molecule is Clc1ccc(COc2cccc(Cc3ncc[nH]3)c2)c(Cl)c1. The molecule has 1 N–H and O–H groups in total. The Morgan fingerprint density at radius 1 is 1.09 bits per heavy atom. The lowest BCUT2D eigenvalue weighted by Gasteiger charge is -2.09. The number of hydrogen-bond donors (Lipinski definition) is 1. The molecule has 0 spiro atoms. The summed E-state index contributed by atoms with van der Waals surface area (Å²) < 4.78 is 5.81. The molecule has 0 atom stereocenters. The van der Waals surface area contributed by atoms with E-state index in [0.29, 0.717) is 16.7 Å². The molecule has 22 heavy (non-hydrogen) atoms. The minimum atomic E-state index is 0.403. The van der Waals surface area contributed by atoms with Crippen molar-refractivity contribution in [1.82, 2.24) is 9.97 Å². The summed E-state index contributed by atoms with van der Waals surface area (Å²) in [6.07, 6.45) is 4.31. The van der Waals surface area contributed by atoms with Crippen molar-refractivity contribution in [3.05, 3.63) is 81.9 Å². The maximum absolute atomic E-state index is 6.15. The molecule has 0 bridgehead atoms. The number of nitrogens with zero attached hydrogens (tertiary/aromatic N) is 1. The van der Waals surface area contributed by atoms with Gasteiger partial charge in [-0.05, 0) is 29.8 Å². The fraction of sp³-hybridized carbons (Fsp3) is 0.118. The van der Waals surface area contributed by atoms with Crippen molar-refractivity contribution >= 4 is 23.2 Å². The van der Waals surface area contributed by atoms with Crippen LogP contribution in [0, 0.1) is 0 Å². The Morgan fingerprint density at radius 3 is 2.77 bits per heavy atom. The number of benzene rings is 2. The predicted octanol–water partition coefficient (Wildman–Crippen LogP) is 4.89. The first-order valence-corrected chi connectivity index (χ1v) is 7.60. The van der Waals surface area contributed by atoms with Crippen molar-refractivity contribution in [3.8, 4) is 5.75 Å². The minimum Gasteiger partial charge on any atom is -0.489 e. The van der Waals surface area contributed by atoms with E-state index in [1.165, 1.54) is 0 Å². The normalized spacial score (nSPS) is 10.6. The molecule has 0 fully saturated rings. The largest absolute Gasteiger partial charge is 0.489 e. The van der Waals surface area contributed by atoms with Crippen molar-refractivity contribution in [1.29, 1.82) is 0 Å². The molecule has 0 aliphatic heterocycles. The molecule has 0 saturated carbocycles. The lowest BCUT2D eigenvalue weighted by Crippen LogP contribution is -1.97. The van der Waals surface area contributed by atoms with Gasteiger partial charge in [0, 0.05) is 34.4 Å². The number of nitrogens with one attached hydrogen (secondary N) is 1. The standard InChI is InChI=1S/C17H14Cl2N2O/c18-14-5-4-13(16(19)10-14)11-22-15-3-1-2-12(8-15)9-17-20-6-7-21-17/h1-8,10H,9,11H2,(H,20,21). The first kappa shape index (κ1) is 14.9. The van der Waals surface area contributed by atoms with E-state index >= 15 is 0 Å². The third kappa shape index (κ3) is 3.81. The van der Waals surface area contributed by atoms with Gasteiger partial charge in [-0.25, -0.2) is 4.98 Å². The van der Waals surface area contributed by atoms with Gasteiger partial charge in [0.25, 0.3) is 0 Å². The molecule has 0 aliphatic rings. The van der Waals surface area contributed by atoms with Gasteiger partial charge in [-0.2, -0.15) is 0 Å². The predicted molar refractivity (Wildman–Crippen MR) is 88.6 cm³/mol. The Kier molecular flexibility index (Phi) is 4.66. The summed E-state index contributed by atoms with van der Waals surface area (Å²) in [5, 5.41) is 1.23. The molecular weight excluding hydrogens is 319 g/mol. The average Bonchev–Trinajstić information content (AvgIpc) is 3.00. The van der Waals surface area contributed by atoms with Gasteiger partial charge in [0.05, 0.1) is 0 Å². The van der Waals surface area contributed by atoms with E-state index in [1.807, 2.05) is 36.5 Å². The van der Waals surface area contributed by atoms with Crippen LogP contribution in [-0.2, 0) is 13.0 Å². The highest BCUT2D eigenvalue weighted by molar-refractivity contribution is 6.35. The van der Waals surface area contributed by atoms with Gasteiger partial charge < -0.3 is 9.72 Å². The summed E-state index contributed by atoms with van der Waals surface area (Å²) in [4.78, 5) is 7.32. The maximum atomic E-state index is 6.15. The second kappa shape index (κ2) is 6.86. The van der Waals surface area contributed by atoms with Gasteiger partial charge in [-0.1, -0.05) is 41.4 Å². The van der Waals surface area contributed by atoms with Crippen molar-refractivity contribution < 1.29 is 4.74 Å². The molecule has 1 aromatic heterocycles. The Labute approximate surface area is 138 Å². The van der Waals surface area contributed by atoms with Gasteiger partial charge in [0.1, 0.15) is 18.2 Å². The van der Waals surface area contributed by atoms with Crippen LogP contribution in [0.4, 0.5) is 0 Å². The topological polar surface area (TPSA) is 37.9 Å². The molecule has 3 aromatic rings. The Balaban J connectivity index is 1.67. The molecule has 0 unspecified atom stereocenters. The molecule has 0 amide bonds. The number of hydrogen-bond acceptors (Lipinski definition) is 2. The van der Waals surface area contributed by atoms with Gasteiger partial charge in [-0.15, -0.1) is 0 Å². The van der Waals surface area contributed by atoms with Crippen LogP contribution in [0.1, 0.15) is 17.0 Å². The number of imidazole rings is 1. The molecule has 112 valence electrons. The monoisotopic (exact) mass is 332 g/mol. The van der Waals surface area contributed by atoms with Gasteiger partial charge in [-0.3, -0.25) is 0 Å². The zero-order valence-corrected chi connectivity index (χ0v) is 13.2. The zero-order valence-electron chi connectivity index (χ0n) is 11.7. The molecule has 0 aliphatic carbocycles. The third-order valence-electron chi connectivity index (χ3n) is 3.23. The van der Waals surface area contributed by atoms with E-state index in [1.54, 1.807) is 18.3 Å². The average molecular weight is 333 g/mol. The molecule has 2 aromatic carbocycles. The highest BCUT2D eigenvalue weighted by Gasteiger charge is 2.04. The van der Waals surface area contributed by atoms with Crippen LogP contribution in [0.3, 0.4) is 0 Å². The first-order valence-electron chi connectivity index (χ1n) is 6.84. The Morgan fingerprint density at radius 2 is 2.00 bits per heavy atom. The Bertz CT molecular complexity index is 757. The molecular formula is C17H14Cl2N2O. The summed E-state index contributed by atoms with van der Waals surface area (Å²) in [5.41, 5.74) is 2.04. The maximum Gasteiger partial charge on any atom is 0.120 e. The number of halogens is 2. The van der Waals surface area contributed by atoms with Crippen LogP contribution in [0.2, 0.25) is 10.0 Å². The fourth-order valence-electron chi connectivity index (χ4n) is 2.13. The number of aromatic amines is 1. The highest BCUT2D eigenvalue weighted by Crippen LogP contribution is 2.23. The van der Waals surface area contributed by atoms with E-state index in [-0.39, 0.29) is 0 Å². The zero-order chi connectivity index (χ0) is 15.4. The minimum absolute atomic E-state index is 0.403. The second-order valence-electron chi connectivity index (χ2n) is 4.88. The van der Waals surface area contributed by atoms with Crippen LogP contribution < -0.4 is 4.74 Å². The van der Waals surface area contributed by atoms with Crippen LogP contribution in [0.25, 0.3) is 0 Å². The van der Waals surface area contributed by atoms with Crippen molar-refractivity contribution in [2.75, 3.05) is 0 Å². The third-order valence-corrected chi connectivity index (χ3v) is 3.82. The summed E-state index contributed by atoms with van der Waals surface area (Å²) in [6, 6.07) is 13.3. The van der Waals surface area contributed by atoms with E-state index in [9.17, 15) is 0 Å². The van der Waals surface area contributed by atoms with Crippen molar-refractivity contribution in [2.45, 2.75) is 13.0 Å². The quantitative estimate of drug-likeness (QED) is 0.722. The van der Waals surface area contributed by atoms with Crippen molar-refractivity contribution in [3.63, 3.8) is 0 Å². The van der Waals surface area contributed by atoms with Gasteiger partial charge in [0.15, 0.2) is 0 Å². The molecule has 0 radical (unpaired) electrons. The first-order chi connectivity index (χ1) is 10.7. The highest BCUT2D eigenvalue weighted by atomic mass is 35.5. The van der Waals surface area contributed by atoms with E-state index in [4.69, 9.17) is 27.9 Å².